The van der Waals surface area contributed by atoms with E-state index in [9.17, 15) is 9.59 Å². The number of amides is 2. The third kappa shape index (κ3) is 4.55. The van der Waals surface area contributed by atoms with Gasteiger partial charge in [0.1, 0.15) is 5.75 Å². The highest BCUT2D eigenvalue weighted by Gasteiger charge is 2.29. The lowest BCUT2D eigenvalue weighted by Gasteiger charge is -2.31. The fourth-order valence-electron chi connectivity index (χ4n) is 3.41. The third-order valence-corrected chi connectivity index (χ3v) is 6.07. The maximum atomic E-state index is 12.8. The number of rotatable bonds is 4. The van der Waals surface area contributed by atoms with Crippen molar-refractivity contribution in [3.63, 3.8) is 0 Å². The van der Waals surface area contributed by atoms with E-state index in [0.717, 1.165) is 10.4 Å². The molecule has 1 aromatic heterocycles. The van der Waals surface area contributed by atoms with E-state index in [-0.39, 0.29) is 23.1 Å². The summed E-state index contributed by atoms with van der Waals surface area (Å²) in [6.45, 7) is 7.63. The van der Waals surface area contributed by atoms with E-state index in [1.807, 2.05) is 40.6 Å². The second-order valence-corrected chi connectivity index (χ2v) is 9.15. The molecule has 2 heterocycles. The first-order valence-electron chi connectivity index (χ1n) is 9.62. The standard InChI is InChI=1S/C22H28N2O3S/c1-22(2,3)16-7-8-18(27-4)17(14-16)23-20(25)15-9-11-24(12-10-15)21(26)19-6-5-13-28-19/h5-8,13-15H,9-12H2,1-4H3,(H,23,25). The van der Waals surface area contributed by atoms with Crippen LogP contribution in [0.5, 0.6) is 5.75 Å². The van der Waals surface area contributed by atoms with Gasteiger partial charge in [-0.1, -0.05) is 32.9 Å². The van der Waals surface area contributed by atoms with Gasteiger partial charge in [-0.3, -0.25) is 9.59 Å². The molecule has 5 nitrogen and oxygen atoms in total. The summed E-state index contributed by atoms with van der Waals surface area (Å²) in [6, 6.07) is 9.66. The zero-order chi connectivity index (χ0) is 20.3. The Morgan fingerprint density at radius 2 is 1.89 bits per heavy atom. The molecule has 2 aromatic rings. The number of thiophene rings is 1. The van der Waals surface area contributed by atoms with Gasteiger partial charge in [-0.25, -0.2) is 0 Å². The van der Waals surface area contributed by atoms with Crippen LogP contribution in [0, 0.1) is 5.92 Å². The van der Waals surface area contributed by atoms with Crippen molar-refractivity contribution in [3.8, 4) is 5.75 Å². The van der Waals surface area contributed by atoms with Gasteiger partial charge < -0.3 is 15.0 Å². The Morgan fingerprint density at radius 3 is 2.46 bits per heavy atom. The van der Waals surface area contributed by atoms with Crippen molar-refractivity contribution in [1.29, 1.82) is 0 Å². The first-order valence-corrected chi connectivity index (χ1v) is 10.5. The van der Waals surface area contributed by atoms with Gasteiger partial charge >= 0.3 is 0 Å². The molecule has 150 valence electrons. The van der Waals surface area contributed by atoms with Crippen molar-refractivity contribution < 1.29 is 14.3 Å². The molecule has 0 atom stereocenters. The van der Waals surface area contributed by atoms with Crippen molar-refractivity contribution >= 4 is 28.8 Å². The summed E-state index contributed by atoms with van der Waals surface area (Å²) in [5.74, 6) is 0.614. The Bertz CT molecular complexity index is 832. The number of carbonyl (C=O) groups excluding carboxylic acids is 2. The number of methoxy groups -OCH3 is 1. The van der Waals surface area contributed by atoms with Gasteiger partial charge in [-0.15, -0.1) is 11.3 Å². The smallest absolute Gasteiger partial charge is 0.263 e. The Labute approximate surface area is 170 Å². The Morgan fingerprint density at radius 1 is 1.18 bits per heavy atom. The second kappa shape index (κ2) is 8.35. The number of nitrogens with zero attached hydrogens (tertiary/aromatic N) is 1. The molecular formula is C22H28N2O3S. The minimum Gasteiger partial charge on any atom is -0.495 e. The van der Waals surface area contributed by atoms with E-state index < -0.39 is 0 Å². The van der Waals surface area contributed by atoms with Gasteiger partial charge in [-0.05, 0) is 47.4 Å². The summed E-state index contributed by atoms with van der Waals surface area (Å²) in [6.07, 6.45) is 1.34. The molecule has 0 spiro atoms. The normalized spacial score (nSPS) is 15.4. The molecule has 1 aliphatic heterocycles. The van der Waals surface area contributed by atoms with Gasteiger partial charge in [0, 0.05) is 19.0 Å². The number of carbonyl (C=O) groups is 2. The van der Waals surface area contributed by atoms with Crippen LogP contribution in [0.2, 0.25) is 0 Å². The molecule has 28 heavy (non-hydrogen) atoms. The molecule has 0 bridgehead atoms. The van der Waals surface area contributed by atoms with Gasteiger partial charge in [0.25, 0.3) is 5.91 Å². The van der Waals surface area contributed by atoms with Crippen molar-refractivity contribution in [3.05, 3.63) is 46.2 Å². The second-order valence-electron chi connectivity index (χ2n) is 8.20. The highest BCUT2D eigenvalue weighted by molar-refractivity contribution is 7.12. The molecular weight excluding hydrogens is 372 g/mol. The van der Waals surface area contributed by atoms with Gasteiger partial charge in [0.2, 0.25) is 5.91 Å². The molecule has 1 aliphatic rings. The van der Waals surface area contributed by atoms with Crippen LogP contribution in [0.4, 0.5) is 5.69 Å². The monoisotopic (exact) mass is 400 g/mol. The predicted octanol–water partition coefficient (Wildman–Crippen LogP) is 4.55. The maximum absolute atomic E-state index is 12.8. The summed E-state index contributed by atoms with van der Waals surface area (Å²) in [4.78, 5) is 27.9. The molecule has 0 saturated carbocycles. The fourth-order valence-corrected chi connectivity index (χ4v) is 4.10. The SMILES string of the molecule is COc1ccc(C(C)(C)C)cc1NC(=O)C1CCN(C(=O)c2cccs2)CC1. The van der Waals surface area contributed by atoms with E-state index in [1.54, 1.807) is 7.11 Å². The molecule has 1 N–H and O–H groups in total. The predicted molar refractivity (Wildman–Crippen MR) is 113 cm³/mol. The molecule has 1 fully saturated rings. The van der Waals surface area contributed by atoms with E-state index >= 15 is 0 Å². The number of likely N-dealkylation sites (tertiary alicyclic amines) is 1. The molecule has 1 saturated heterocycles. The highest BCUT2D eigenvalue weighted by Crippen LogP contribution is 2.32. The number of piperidine rings is 1. The number of benzene rings is 1. The summed E-state index contributed by atoms with van der Waals surface area (Å²) < 4.78 is 5.42. The number of anilines is 1. The lowest BCUT2D eigenvalue weighted by molar-refractivity contribution is -0.121. The Balaban J connectivity index is 1.64. The first kappa shape index (κ1) is 20.4. The van der Waals surface area contributed by atoms with Crippen LogP contribution in [-0.4, -0.2) is 36.9 Å². The lowest BCUT2D eigenvalue weighted by Crippen LogP contribution is -2.41. The van der Waals surface area contributed by atoms with E-state index in [4.69, 9.17) is 4.74 Å². The minimum atomic E-state index is -0.101. The molecule has 0 aliphatic carbocycles. The van der Waals surface area contributed by atoms with Crippen LogP contribution < -0.4 is 10.1 Å². The van der Waals surface area contributed by atoms with Crippen molar-refractivity contribution in [2.24, 2.45) is 5.92 Å². The number of nitrogens with one attached hydrogen (secondary N) is 1. The summed E-state index contributed by atoms with van der Waals surface area (Å²) in [7, 11) is 1.61. The van der Waals surface area contributed by atoms with Gasteiger partial charge in [0.15, 0.2) is 0 Å². The van der Waals surface area contributed by atoms with Crippen LogP contribution in [0.1, 0.15) is 48.8 Å². The quantitative estimate of drug-likeness (QED) is 0.819. The highest BCUT2D eigenvalue weighted by atomic mass is 32.1. The number of hydrogen-bond acceptors (Lipinski definition) is 4. The zero-order valence-corrected chi connectivity index (χ0v) is 17.8. The van der Waals surface area contributed by atoms with E-state index in [2.05, 4.69) is 26.1 Å². The first-order chi connectivity index (χ1) is 13.3. The van der Waals surface area contributed by atoms with Crippen LogP contribution >= 0.6 is 11.3 Å². The maximum Gasteiger partial charge on any atom is 0.263 e. The molecule has 3 rings (SSSR count). The average molecular weight is 401 g/mol. The van der Waals surface area contributed by atoms with Crippen LogP contribution in [-0.2, 0) is 10.2 Å². The molecule has 1 aromatic carbocycles. The molecule has 0 radical (unpaired) electrons. The van der Waals surface area contributed by atoms with Crippen molar-refractivity contribution in [1.82, 2.24) is 4.90 Å². The van der Waals surface area contributed by atoms with Crippen LogP contribution in [0.3, 0.4) is 0 Å². The topological polar surface area (TPSA) is 58.6 Å². The van der Waals surface area contributed by atoms with E-state index in [1.165, 1.54) is 11.3 Å². The van der Waals surface area contributed by atoms with Crippen molar-refractivity contribution in [2.45, 2.75) is 39.0 Å². The van der Waals surface area contributed by atoms with Gasteiger partial charge in [0.05, 0.1) is 17.7 Å². The Hall–Kier alpha value is -2.34. The average Bonchev–Trinajstić information content (AvgIpc) is 3.21. The van der Waals surface area contributed by atoms with Crippen LogP contribution in [0.25, 0.3) is 0 Å². The van der Waals surface area contributed by atoms with Crippen LogP contribution in [0.15, 0.2) is 35.7 Å². The fraction of sp³-hybridized carbons (Fsp3) is 0.455. The molecule has 6 heteroatoms. The van der Waals surface area contributed by atoms with Gasteiger partial charge in [-0.2, -0.15) is 0 Å². The minimum absolute atomic E-state index is 0.00687. The molecule has 2 amide bonds. The number of hydrogen-bond donors (Lipinski definition) is 1. The van der Waals surface area contributed by atoms with Crippen molar-refractivity contribution in [2.75, 3.05) is 25.5 Å². The molecule has 0 unspecified atom stereocenters. The lowest BCUT2D eigenvalue weighted by atomic mass is 9.86. The number of ether oxygens (including phenoxy) is 1. The zero-order valence-electron chi connectivity index (χ0n) is 17.0. The van der Waals surface area contributed by atoms with E-state index in [0.29, 0.717) is 37.4 Å². The largest absolute Gasteiger partial charge is 0.495 e. The summed E-state index contributed by atoms with van der Waals surface area (Å²) >= 11 is 1.46. The Kier molecular flexibility index (Phi) is 6.08. The summed E-state index contributed by atoms with van der Waals surface area (Å²) in [5, 5.41) is 4.96. The summed E-state index contributed by atoms with van der Waals surface area (Å²) in [5.41, 5.74) is 1.83. The third-order valence-electron chi connectivity index (χ3n) is 5.21.